The van der Waals surface area contributed by atoms with Gasteiger partial charge >= 0.3 is 11.9 Å². The number of unbranched alkanes of at least 4 members (excludes halogenated alkanes) is 13. The summed E-state index contributed by atoms with van der Waals surface area (Å²) in [6.45, 7) is 7.39. The molecule has 0 radical (unpaired) electrons. The Labute approximate surface area is 382 Å². The zero-order valence-corrected chi connectivity index (χ0v) is 40.1. The van der Waals surface area contributed by atoms with Gasteiger partial charge in [0.25, 0.3) is 0 Å². The van der Waals surface area contributed by atoms with Crippen LogP contribution in [-0.2, 0) is 23.8 Å². The first-order valence-corrected chi connectivity index (χ1v) is 25.1. The zero-order chi connectivity index (χ0) is 44.9. The largest absolute Gasteiger partial charge is 0.462 e. The van der Waals surface area contributed by atoms with Crippen LogP contribution in [0.4, 0.5) is 0 Å². The Balaban J connectivity index is 4.43. The van der Waals surface area contributed by atoms with Crippen molar-refractivity contribution in [2.75, 3.05) is 19.8 Å². The second kappa shape index (κ2) is 51.6. The maximum absolute atomic E-state index is 12.8. The standard InChI is InChI=1S/C57H92O5/c1-4-7-10-13-16-19-22-25-26-27-28-29-30-31-34-37-40-43-46-49-52-60-53-55(62-57(59)51-48-45-42-39-36-33-24-21-18-15-12-9-6-3)54-61-56(58)50-47-44-41-38-35-32-23-20-17-14-11-8-5-2/h7,10-12,14-16,19-21,23-26,28-29,31,34,40,43,55H,4-6,8-9,13,17-18,22,27,30,32-33,35-39,41-42,44-54H2,1-3H3/b10-7-,14-11-,15-12-,19-16-,23-20-,24-21-,26-25-,29-28-,34-31-,43-40-. The topological polar surface area (TPSA) is 61.8 Å². The lowest BCUT2D eigenvalue weighted by Crippen LogP contribution is -2.30. The fourth-order valence-corrected chi connectivity index (χ4v) is 6.25. The van der Waals surface area contributed by atoms with Crippen molar-refractivity contribution in [1.82, 2.24) is 0 Å². The van der Waals surface area contributed by atoms with E-state index in [1.165, 1.54) is 38.5 Å². The van der Waals surface area contributed by atoms with Crippen molar-refractivity contribution >= 4 is 11.9 Å². The van der Waals surface area contributed by atoms with E-state index >= 15 is 0 Å². The minimum absolute atomic E-state index is 0.0413. The number of carbonyl (C=O) groups excluding carboxylic acids is 2. The SMILES string of the molecule is CC/C=C\C/C=C\C/C=C\C/C=C\C/C=C\C/C=C\CCCOCC(COC(=O)CCCCCCC/C=C\C/C=C\CCC)OC(=O)CCCCCCC/C=C\C/C=C\CCC. The molecule has 0 spiro atoms. The van der Waals surface area contributed by atoms with Gasteiger partial charge in [-0.25, -0.2) is 0 Å². The van der Waals surface area contributed by atoms with Gasteiger partial charge in [0.15, 0.2) is 6.10 Å². The van der Waals surface area contributed by atoms with Crippen LogP contribution in [0.5, 0.6) is 0 Å². The third kappa shape index (κ3) is 49.0. The van der Waals surface area contributed by atoms with E-state index in [2.05, 4.69) is 142 Å². The molecule has 0 fully saturated rings. The number of esters is 2. The molecule has 0 aromatic carbocycles. The summed E-state index contributed by atoms with van der Waals surface area (Å²) in [4.78, 5) is 25.3. The molecule has 0 N–H and O–H groups in total. The molecule has 0 bridgehead atoms. The highest BCUT2D eigenvalue weighted by Crippen LogP contribution is 2.12. The summed E-state index contributed by atoms with van der Waals surface area (Å²) < 4.78 is 17.3. The molecule has 0 aromatic heterocycles. The highest BCUT2D eigenvalue weighted by atomic mass is 16.6. The Hall–Kier alpha value is -3.70. The van der Waals surface area contributed by atoms with E-state index in [0.29, 0.717) is 19.4 Å². The molecule has 0 amide bonds. The Morgan fingerprint density at radius 2 is 0.726 bits per heavy atom. The zero-order valence-electron chi connectivity index (χ0n) is 40.1. The van der Waals surface area contributed by atoms with E-state index in [0.717, 1.165) is 128 Å². The highest BCUT2D eigenvalue weighted by molar-refractivity contribution is 5.70. The van der Waals surface area contributed by atoms with Gasteiger partial charge in [0.2, 0.25) is 0 Å². The van der Waals surface area contributed by atoms with Crippen molar-refractivity contribution in [2.24, 2.45) is 0 Å². The van der Waals surface area contributed by atoms with Crippen molar-refractivity contribution in [3.8, 4) is 0 Å². The molecule has 0 rings (SSSR count). The lowest BCUT2D eigenvalue weighted by Gasteiger charge is -2.18. The molecule has 5 nitrogen and oxygen atoms in total. The quantitative estimate of drug-likeness (QED) is 0.0347. The Morgan fingerprint density at radius 3 is 1.16 bits per heavy atom. The molecule has 0 aliphatic heterocycles. The monoisotopic (exact) mass is 857 g/mol. The van der Waals surface area contributed by atoms with Gasteiger partial charge in [-0.1, -0.05) is 194 Å². The first-order valence-electron chi connectivity index (χ1n) is 25.1. The van der Waals surface area contributed by atoms with Gasteiger partial charge in [-0.05, 0) is 116 Å². The average Bonchev–Trinajstić information content (AvgIpc) is 3.27. The molecule has 0 saturated carbocycles. The number of rotatable bonds is 44. The van der Waals surface area contributed by atoms with Gasteiger partial charge in [0.05, 0.1) is 6.61 Å². The smallest absolute Gasteiger partial charge is 0.306 e. The van der Waals surface area contributed by atoms with Gasteiger partial charge in [-0.15, -0.1) is 0 Å². The van der Waals surface area contributed by atoms with Gasteiger partial charge < -0.3 is 14.2 Å². The lowest BCUT2D eigenvalue weighted by molar-refractivity contribution is -0.163. The molecule has 350 valence electrons. The summed E-state index contributed by atoms with van der Waals surface area (Å²) in [7, 11) is 0. The lowest BCUT2D eigenvalue weighted by atomic mass is 10.1. The van der Waals surface area contributed by atoms with Crippen molar-refractivity contribution in [3.63, 3.8) is 0 Å². The molecule has 0 aliphatic carbocycles. The molecule has 1 atom stereocenters. The van der Waals surface area contributed by atoms with E-state index in [1.807, 2.05) is 0 Å². The maximum Gasteiger partial charge on any atom is 0.306 e. The van der Waals surface area contributed by atoms with E-state index in [4.69, 9.17) is 14.2 Å². The normalized spacial score (nSPS) is 13.3. The van der Waals surface area contributed by atoms with Crippen LogP contribution in [0.3, 0.4) is 0 Å². The Kier molecular flexibility index (Phi) is 48.6. The van der Waals surface area contributed by atoms with Gasteiger partial charge in [0, 0.05) is 19.4 Å². The van der Waals surface area contributed by atoms with Crippen molar-refractivity contribution in [2.45, 2.75) is 207 Å². The summed E-state index contributed by atoms with van der Waals surface area (Å²) in [5, 5.41) is 0. The molecule has 0 aliphatic rings. The number of hydrogen-bond donors (Lipinski definition) is 0. The third-order valence-corrected chi connectivity index (χ3v) is 9.91. The van der Waals surface area contributed by atoms with Gasteiger partial charge in [-0.2, -0.15) is 0 Å². The summed E-state index contributed by atoms with van der Waals surface area (Å²) >= 11 is 0. The van der Waals surface area contributed by atoms with Crippen LogP contribution < -0.4 is 0 Å². The van der Waals surface area contributed by atoms with Crippen LogP contribution in [0.1, 0.15) is 201 Å². The summed E-state index contributed by atoms with van der Waals surface area (Å²) in [6, 6.07) is 0. The molecule has 0 aromatic rings. The van der Waals surface area contributed by atoms with Crippen molar-refractivity contribution < 1.29 is 23.8 Å². The molecule has 0 saturated heterocycles. The number of allylic oxidation sites excluding steroid dienone is 20. The summed E-state index contributed by atoms with van der Waals surface area (Å²) in [5.41, 5.74) is 0. The van der Waals surface area contributed by atoms with Crippen molar-refractivity contribution in [3.05, 3.63) is 122 Å². The maximum atomic E-state index is 12.8. The third-order valence-electron chi connectivity index (χ3n) is 9.91. The first kappa shape index (κ1) is 58.3. The fourth-order valence-electron chi connectivity index (χ4n) is 6.25. The minimum atomic E-state index is -0.587. The second-order valence-electron chi connectivity index (χ2n) is 16.0. The summed E-state index contributed by atoms with van der Waals surface area (Å²) in [6.07, 6.45) is 72.1. The predicted molar refractivity (Wildman–Crippen MR) is 269 cm³/mol. The van der Waals surface area contributed by atoms with Crippen LogP contribution in [-0.4, -0.2) is 37.9 Å². The minimum Gasteiger partial charge on any atom is -0.462 e. The van der Waals surface area contributed by atoms with Crippen LogP contribution in [0.2, 0.25) is 0 Å². The van der Waals surface area contributed by atoms with Gasteiger partial charge in [0.1, 0.15) is 6.61 Å². The molecule has 0 heterocycles. The number of hydrogen-bond acceptors (Lipinski definition) is 5. The first-order chi connectivity index (χ1) is 30.6. The van der Waals surface area contributed by atoms with Crippen molar-refractivity contribution in [1.29, 1.82) is 0 Å². The molecule has 5 heteroatoms. The fraction of sp³-hybridized carbons (Fsp3) is 0.614. The molecule has 62 heavy (non-hydrogen) atoms. The van der Waals surface area contributed by atoms with Crippen LogP contribution in [0, 0.1) is 0 Å². The van der Waals surface area contributed by atoms with Crippen LogP contribution in [0.15, 0.2) is 122 Å². The second-order valence-corrected chi connectivity index (χ2v) is 16.0. The predicted octanol–water partition coefficient (Wildman–Crippen LogP) is 17.0. The average molecular weight is 857 g/mol. The van der Waals surface area contributed by atoms with Crippen LogP contribution in [0.25, 0.3) is 0 Å². The summed E-state index contributed by atoms with van der Waals surface area (Å²) in [5.74, 6) is -0.472. The van der Waals surface area contributed by atoms with E-state index in [1.54, 1.807) is 0 Å². The highest BCUT2D eigenvalue weighted by Gasteiger charge is 2.17. The molecule has 1 unspecified atom stereocenters. The van der Waals surface area contributed by atoms with Crippen LogP contribution >= 0.6 is 0 Å². The molecular formula is C57H92O5. The van der Waals surface area contributed by atoms with E-state index < -0.39 is 6.10 Å². The Bertz CT molecular complexity index is 1290. The Morgan fingerprint density at radius 1 is 0.371 bits per heavy atom. The number of ether oxygens (including phenoxy) is 3. The van der Waals surface area contributed by atoms with E-state index in [-0.39, 0.29) is 25.2 Å². The molecular weight excluding hydrogens is 765 g/mol. The van der Waals surface area contributed by atoms with Gasteiger partial charge in [-0.3, -0.25) is 9.59 Å². The van der Waals surface area contributed by atoms with E-state index in [9.17, 15) is 9.59 Å². The number of carbonyl (C=O) groups is 2.